The Morgan fingerprint density at radius 3 is 2.89 bits per heavy atom. The zero-order chi connectivity index (χ0) is 13.6. The summed E-state index contributed by atoms with van der Waals surface area (Å²) in [5.41, 5.74) is 0.750. The van der Waals surface area contributed by atoms with Crippen LogP contribution in [0.15, 0.2) is 11.7 Å². The first-order valence-corrected chi connectivity index (χ1v) is 6.99. The van der Waals surface area contributed by atoms with Crippen molar-refractivity contribution in [2.24, 2.45) is 0 Å². The lowest BCUT2D eigenvalue weighted by atomic mass is 10.1. The van der Waals surface area contributed by atoms with E-state index in [0.29, 0.717) is 4.64 Å². The number of hydrogen-bond acceptors (Lipinski definition) is 7. The van der Waals surface area contributed by atoms with Gasteiger partial charge < -0.3 is 25.0 Å². The maximum atomic E-state index is 10.0. The first kappa shape index (κ1) is 13.1. The van der Waals surface area contributed by atoms with Crippen molar-refractivity contribution in [1.29, 1.82) is 0 Å². The highest BCUT2D eigenvalue weighted by atomic mass is 32.1. The van der Waals surface area contributed by atoms with E-state index in [-0.39, 0.29) is 6.61 Å². The van der Waals surface area contributed by atoms with Gasteiger partial charge in [-0.1, -0.05) is 12.2 Å². The molecule has 1 fully saturated rings. The number of thiophene rings is 1. The molecule has 2 aromatic rings. The Morgan fingerprint density at radius 2 is 2.21 bits per heavy atom. The van der Waals surface area contributed by atoms with Gasteiger partial charge in [-0.2, -0.15) is 0 Å². The van der Waals surface area contributed by atoms with Crippen LogP contribution in [0.4, 0.5) is 0 Å². The van der Waals surface area contributed by atoms with Gasteiger partial charge in [-0.25, -0.2) is 4.98 Å². The first-order chi connectivity index (χ1) is 9.13. The van der Waals surface area contributed by atoms with Crippen LogP contribution in [-0.2, 0) is 4.74 Å². The van der Waals surface area contributed by atoms with Gasteiger partial charge in [0.05, 0.1) is 23.3 Å². The molecule has 1 aliphatic rings. The van der Waals surface area contributed by atoms with E-state index in [1.165, 1.54) is 17.7 Å². The number of nitrogens with zero attached hydrogens (tertiary/aromatic N) is 1. The Balaban J connectivity index is 2.06. The molecule has 8 heteroatoms. The molecule has 2 aromatic heterocycles. The van der Waals surface area contributed by atoms with Crippen LogP contribution < -0.4 is 0 Å². The number of rotatable bonds is 2. The van der Waals surface area contributed by atoms with E-state index >= 15 is 0 Å². The number of aromatic amines is 1. The molecule has 3 heterocycles. The number of aliphatic hydroxyl groups is 3. The van der Waals surface area contributed by atoms with Gasteiger partial charge in [0.1, 0.15) is 29.1 Å². The Morgan fingerprint density at radius 1 is 1.42 bits per heavy atom. The van der Waals surface area contributed by atoms with Gasteiger partial charge >= 0.3 is 0 Å². The molecule has 0 aliphatic carbocycles. The maximum absolute atomic E-state index is 10.0. The van der Waals surface area contributed by atoms with Gasteiger partial charge in [0.25, 0.3) is 0 Å². The molecule has 1 saturated heterocycles. The lowest BCUT2D eigenvalue weighted by Crippen LogP contribution is -2.32. The minimum atomic E-state index is -1.10. The monoisotopic (exact) mass is 300 g/mol. The number of aliphatic hydroxyl groups excluding tert-OH is 3. The van der Waals surface area contributed by atoms with Crippen molar-refractivity contribution in [2.45, 2.75) is 24.4 Å². The summed E-state index contributed by atoms with van der Waals surface area (Å²) in [5.74, 6) is 0. The third-order valence-corrected chi connectivity index (χ3v) is 4.61. The topological polar surface area (TPSA) is 98.6 Å². The minimum absolute atomic E-state index is 0.338. The Labute approximate surface area is 117 Å². The fourth-order valence-electron chi connectivity index (χ4n) is 2.23. The molecule has 4 unspecified atom stereocenters. The normalized spacial score (nSPS) is 31.1. The van der Waals surface area contributed by atoms with Crippen LogP contribution in [-0.4, -0.2) is 50.2 Å². The largest absolute Gasteiger partial charge is 0.394 e. The lowest BCUT2D eigenvalue weighted by Gasteiger charge is -2.13. The number of nitrogens with one attached hydrogen (secondary N) is 1. The summed E-state index contributed by atoms with van der Waals surface area (Å²) in [4.78, 5) is 7.71. The number of fused-ring (bicyclic) bond motifs is 1. The van der Waals surface area contributed by atoms with Gasteiger partial charge in [-0.15, -0.1) is 11.3 Å². The van der Waals surface area contributed by atoms with Crippen molar-refractivity contribution >= 4 is 34.5 Å². The van der Waals surface area contributed by atoms with E-state index in [9.17, 15) is 10.2 Å². The van der Waals surface area contributed by atoms with Crippen molar-refractivity contribution in [3.8, 4) is 0 Å². The summed E-state index contributed by atoms with van der Waals surface area (Å²) < 4.78 is 5.99. The first-order valence-electron chi connectivity index (χ1n) is 5.70. The maximum Gasteiger partial charge on any atom is 0.138 e. The highest BCUT2D eigenvalue weighted by Crippen LogP contribution is 2.39. The summed E-state index contributed by atoms with van der Waals surface area (Å²) in [6.07, 6.45) is -2.14. The molecule has 4 atom stereocenters. The average Bonchev–Trinajstić information content (AvgIpc) is 2.94. The molecule has 0 radical (unpaired) electrons. The molecular formula is C11H12N2O4S2. The SMILES string of the molecule is OCC1OC(c2scc3c(=S)nc[nH]c23)C(O)C1O. The van der Waals surface area contributed by atoms with E-state index in [4.69, 9.17) is 22.1 Å². The van der Waals surface area contributed by atoms with E-state index in [0.717, 1.165) is 15.8 Å². The molecule has 0 spiro atoms. The highest BCUT2D eigenvalue weighted by molar-refractivity contribution is 7.71. The molecule has 6 nitrogen and oxygen atoms in total. The number of aromatic nitrogens is 2. The second kappa shape index (κ2) is 4.89. The molecular weight excluding hydrogens is 288 g/mol. The minimum Gasteiger partial charge on any atom is -0.394 e. The second-order valence-electron chi connectivity index (χ2n) is 4.36. The summed E-state index contributed by atoms with van der Waals surface area (Å²) in [6, 6.07) is 0. The number of H-pyrrole nitrogens is 1. The van der Waals surface area contributed by atoms with E-state index < -0.39 is 24.4 Å². The van der Waals surface area contributed by atoms with E-state index in [2.05, 4.69) is 9.97 Å². The molecule has 102 valence electrons. The standard InChI is InChI=1S/C11H12N2O4S2/c14-1-5-7(15)8(16)9(17-5)10-6-4(2-19-10)11(18)13-3-12-6/h2-3,5,7-9,14-16H,1H2,(H,12,13,18). The molecule has 1 aliphatic heterocycles. The van der Waals surface area contributed by atoms with Crippen LogP contribution >= 0.6 is 23.6 Å². The van der Waals surface area contributed by atoms with Crippen LogP contribution in [0.5, 0.6) is 0 Å². The smallest absolute Gasteiger partial charge is 0.138 e. The molecule has 0 amide bonds. The Hall–Kier alpha value is -0.900. The van der Waals surface area contributed by atoms with Gasteiger partial charge in [0, 0.05) is 10.8 Å². The molecule has 0 saturated carbocycles. The highest BCUT2D eigenvalue weighted by Gasteiger charge is 2.44. The molecule has 3 rings (SSSR count). The van der Waals surface area contributed by atoms with Gasteiger partial charge in [0.15, 0.2) is 0 Å². The van der Waals surface area contributed by atoms with Crippen molar-refractivity contribution in [2.75, 3.05) is 6.61 Å². The van der Waals surface area contributed by atoms with Crippen LogP contribution in [0.2, 0.25) is 0 Å². The summed E-state index contributed by atoms with van der Waals surface area (Å²) in [5, 5.41) is 31.5. The van der Waals surface area contributed by atoms with Crippen LogP contribution in [0, 0.1) is 4.64 Å². The fourth-order valence-corrected chi connectivity index (χ4v) is 3.61. The Bertz CT molecular complexity index is 655. The van der Waals surface area contributed by atoms with Crippen LogP contribution in [0.1, 0.15) is 11.0 Å². The van der Waals surface area contributed by atoms with Gasteiger partial charge in [-0.05, 0) is 0 Å². The van der Waals surface area contributed by atoms with Crippen molar-refractivity contribution in [3.63, 3.8) is 0 Å². The third kappa shape index (κ3) is 2.00. The van der Waals surface area contributed by atoms with Crippen molar-refractivity contribution < 1.29 is 20.1 Å². The van der Waals surface area contributed by atoms with Crippen molar-refractivity contribution in [3.05, 3.63) is 21.2 Å². The Kier molecular flexibility index (Phi) is 3.37. The molecule has 0 aromatic carbocycles. The van der Waals surface area contributed by atoms with Crippen LogP contribution in [0.3, 0.4) is 0 Å². The number of ether oxygens (including phenoxy) is 1. The van der Waals surface area contributed by atoms with Crippen molar-refractivity contribution in [1.82, 2.24) is 9.97 Å². The van der Waals surface area contributed by atoms with Crippen LogP contribution in [0.25, 0.3) is 10.9 Å². The molecule has 4 N–H and O–H groups in total. The summed E-state index contributed by atoms with van der Waals surface area (Å²) in [7, 11) is 0. The quantitative estimate of drug-likeness (QED) is 0.603. The second-order valence-corrected chi connectivity index (χ2v) is 5.65. The lowest BCUT2D eigenvalue weighted by molar-refractivity contribution is -0.0214. The predicted molar refractivity (Wildman–Crippen MR) is 71.5 cm³/mol. The third-order valence-electron chi connectivity index (χ3n) is 3.24. The summed E-state index contributed by atoms with van der Waals surface area (Å²) in [6.45, 7) is -0.338. The average molecular weight is 300 g/mol. The zero-order valence-electron chi connectivity index (χ0n) is 9.68. The van der Waals surface area contributed by atoms with Gasteiger partial charge in [0.2, 0.25) is 0 Å². The fraction of sp³-hybridized carbons (Fsp3) is 0.455. The predicted octanol–water partition coefficient (Wildman–Crippen LogP) is 0.508. The summed E-state index contributed by atoms with van der Waals surface area (Å²) >= 11 is 6.50. The number of hydrogen-bond donors (Lipinski definition) is 4. The molecule has 0 bridgehead atoms. The van der Waals surface area contributed by atoms with E-state index in [1.54, 1.807) is 0 Å². The van der Waals surface area contributed by atoms with Gasteiger partial charge in [-0.3, -0.25) is 0 Å². The van der Waals surface area contributed by atoms with E-state index in [1.807, 2.05) is 5.38 Å². The molecule has 19 heavy (non-hydrogen) atoms. The zero-order valence-corrected chi connectivity index (χ0v) is 11.3.